The first-order valence-electron chi connectivity index (χ1n) is 8.52. The van der Waals surface area contributed by atoms with Crippen molar-refractivity contribution in [1.29, 1.82) is 5.26 Å². The smallest absolute Gasteiger partial charge is 0.222 e. The monoisotopic (exact) mass is 339 g/mol. The van der Waals surface area contributed by atoms with Crippen molar-refractivity contribution in [3.63, 3.8) is 0 Å². The van der Waals surface area contributed by atoms with E-state index in [-0.39, 0.29) is 18.6 Å². The van der Waals surface area contributed by atoms with Crippen molar-refractivity contribution in [3.8, 4) is 6.07 Å². The zero-order valence-corrected chi connectivity index (χ0v) is 14.8. The number of aryl methyl sites for hydroxylation is 1. The SMILES string of the molecule is CCC[C@@H](CO)Nc1nc(N)nc(C)c1Cc1ccc(CC#N)cc1. The predicted octanol–water partition coefficient (Wildman–Crippen LogP) is 2.60. The quantitative estimate of drug-likeness (QED) is 0.682. The molecular weight excluding hydrogens is 314 g/mol. The third-order valence-corrected chi connectivity index (χ3v) is 4.12. The van der Waals surface area contributed by atoms with Crippen molar-refractivity contribution < 1.29 is 5.11 Å². The van der Waals surface area contributed by atoms with Gasteiger partial charge in [-0.1, -0.05) is 37.6 Å². The molecule has 0 aliphatic heterocycles. The molecule has 0 amide bonds. The van der Waals surface area contributed by atoms with E-state index in [1.54, 1.807) is 0 Å². The van der Waals surface area contributed by atoms with E-state index in [4.69, 9.17) is 11.0 Å². The van der Waals surface area contributed by atoms with Gasteiger partial charge >= 0.3 is 0 Å². The van der Waals surface area contributed by atoms with E-state index < -0.39 is 0 Å². The van der Waals surface area contributed by atoms with Crippen LogP contribution in [0.4, 0.5) is 11.8 Å². The predicted molar refractivity (Wildman–Crippen MR) is 99.2 cm³/mol. The minimum absolute atomic E-state index is 0.0408. The van der Waals surface area contributed by atoms with Gasteiger partial charge in [-0.05, 0) is 24.5 Å². The van der Waals surface area contributed by atoms with Crippen LogP contribution in [0, 0.1) is 18.3 Å². The lowest BCUT2D eigenvalue weighted by atomic mass is 10.0. The highest BCUT2D eigenvalue weighted by molar-refractivity contribution is 5.52. The second kappa shape index (κ2) is 9.00. The van der Waals surface area contributed by atoms with Crippen LogP contribution in [0.3, 0.4) is 0 Å². The van der Waals surface area contributed by atoms with Crippen LogP contribution in [0.15, 0.2) is 24.3 Å². The Morgan fingerprint density at radius 1 is 1.24 bits per heavy atom. The van der Waals surface area contributed by atoms with Gasteiger partial charge in [0, 0.05) is 17.7 Å². The number of nitrogens with zero attached hydrogens (tertiary/aromatic N) is 3. The number of hydrogen-bond donors (Lipinski definition) is 3. The van der Waals surface area contributed by atoms with E-state index >= 15 is 0 Å². The van der Waals surface area contributed by atoms with Gasteiger partial charge in [-0.25, -0.2) is 4.98 Å². The molecule has 0 aliphatic carbocycles. The molecule has 6 heteroatoms. The van der Waals surface area contributed by atoms with E-state index in [1.165, 1.54) is 0 Å². The number of aliphatic hydroxyl groups excluding tert-OH is 1. The maximum Gasteiger partial charge on any atom is 0.222 e. The molecule has 1 atom stereocenters. The molecule has 1 heterocycles. The lowest BCUT2D eigenvalue weighted by molar-refractivity contribution is 0.268. The first kappa shape index (κ1) is 18.7. The average molecular weight is 339 g/mol. The van der Waals surface area contributed by atoms with Crippen LogP contribution >= 0.6 is 0 Å². The summed E-state index contributed by atoms with van der Waals surface area (Å²) in [5, 5.41) is 21.6. The van der Waals surface area contributed by atoms with Crippen molar-refractivity contribution in [3.05, 3.63) is 46.6 Å². The van der Waals surface area contributed by atoms with Crippen molar-refractivity contribution in [2.45, 2.75) is 45.6 Å². The molecule has 1 aromatic carbocycles. The number of hydrogen-bond acceptors (Lipinski definition) is 6. The normalized spacial score (nSPS) is 11.8. The maximum atomic E-state index is 9.56. The largest absolute Gasteiger partial charge is 0.394 e. The summed E-state index contributed by atoms with van der Waals surface area (Å²) >= 11 is 0. The Morgan fingerprint density at radius 3 is 2.52 bits per heavy atom. The molecule has 0 spiro atoms. The molecule has 4 N–H and O–H groups in total. The Bertz CT molecular complexity index is 737. The summed E-state index contributed by atoms with van der Waals surface area (Å²) in [7, 11) is 0. The Balaban J connectivity index is 2.28. The van der Waals surface area contributed by atoms with Crippen LogP contribution in [0.1, 0.15) is 42.1 Å². The van der Waals surface area contributed by atoms with Crippen LogP contribution in [0.25, 0.3) is 0 Å². The lowest BCUT2D eigenvalue weighted by Gasteiger charge is -2.20. The molecule has 2 rings (SSSR count). The Labute approximate surface area is 148 Å². The van der Waals surface area contributed by atoms with Gasteiger partial charge in [0.25, 0.3) is 0 Å². The second-order valence-electron chi connectivity index (χ2n) is 6.14. The summed E-state index contributed by atoms with van der Waals surface area (Å²) in [6, 6.07) is 10.1. The van der Waals surface area contributed by atoms with Gasteiger partial charge in [-0.3, -0.25) is 0 Å². The van der Waals surface area contributed by atoms with E-state index in [2.05, 4.69) is 28.3 Å². The molecular formula is C19H25N5O. The van der Waals surface area contributed by atoms with Gasteiger partial charge in [0.2, 0.25) is 5.95 Å². The van der Waals surface area contributed by atoms with Gasteiger partial charge in [0.1, 0.15) is 5.82 Å². The number of nitrogens with one attached hydrogen (secondary N) is 1. The molecule has 0 saturated heterocycles. The third-order valence-electron chi connectivity index (χ3n) is 4.12. The van der Waals surface area contributed by atoms with Crippen LogP contribution in [0.2, 0.25) is 0 Å². The van der Waals surface area contributed by atoms with E-state index in [9.17, 15) is 5.11 Å². The van der Waals surface area contributed by atoms with Gasteiger partial charge in [-0.15, -0.1) is 0 Å². The number of benzene rings is 1. The topological polar surface area (TPSA) is 108 Å². The van der Waals surface area contributed by atoms with Crippen LogP contribution < -0.4 is 11.1 Å². The molecule has 0 aliphatic rings. The minimum atomic E-state index is -0.0598. The van der Waals surface area contributed by atoms with Crippen LogP contribution in [0.5, 0.6) is 0 Å². The number of aromatic nitrogens is 2. The standard InChI is InChI=1S/C19H25N5O/c1-3-4-16(12-25)23-18-17(13(2)22-19(21)24-18)11-15-7-5-14(6-8-15)9-10-20/h5-8,16,25H,3-4,9,11-12H2,1-2H3,(H3,21,22,23,24)/t16-/m0/s1. The Morgan fingerprint density at radius 2 is 1.92 bits per heavy atom. The highest BCUT2D eigenvalue weighted by Gasteiger charge is 2.15. The Hall–Kier alpha value is -2.65. The molecule has 132 valence electrons. The average Bonchev–Trinajstić information content (AvgIpc) is 2.59. The van der Waals surface area contributed by atoms with E-state index in [1.807, 2.05) is 31.2 Å². The molecule has 1 aromatic heterocycles. The summed E-state index contributed by atoms with van der Waals surface area (Å²) in [5.41, 5.74) is 9.71. The van der Waals surface area contributed by atoms with Gasteiger partial charge in [0.05, 0.1) is 25.1 Å². The summed E-state index contributed by atoms with van der Waals surface area (Å²) in [4.78, 5) is 8.63. The molecule has 0 unspecified atom stereocenters. The highest BCUT2D eigenvalue weighted by atomic mass is 16.3. The Kier molecular flexibility index (Phi) is 6.72. The minimum Gasteiger partial charge on any atom is -0.394 e. The maximum absolute atomic E-state index is 9.56. The zero-order valence-electron chi connectivity index (χ0n) is 14.8. The zero-order chi connectivity index (χ0) is 18.2. The number of anilines is 2. The summed E-state index contributed by atoms with van der Waals surface area (Å²) in [5.74, 6) is 0.903. The van der Waals surface area contributed by atoms with Gasteiger partial charge in [-0.2, -0.15) is 10.2 Å². The lowest BCUT2D eigenvalue weighted by Crippen LogP contribution is -2.25. The fraction of sp³-hybridized carbons (Fsp3) is 0.421. The third kappa shape index (κ3) is 5.16. The van der Waals surface area contributed by atoms with Gasteiger partial charge < -0.3 is 16.2 Å². The van der Waals surface area contributed by atoms with E-state index in [0.29, 0.717) is 18.7 Å². The molecule has 25 heavy (non-hydrogen) atoms. The van der Waals surface area contributed by atoms with Crippen LogP contribution in [-0.4, -0.2) is 27.7 Å². The number of rotatable bonds is 8. The molecule has 0 fully saturated rings. The number of nitriles is 1. The van der Waals surface area contributed by atoms with Crippen molar-refractivity contribution in [2.75, 3.05) is 17.7 Å². The molecule has 0 bridgehead atoms. The first-order valence-corrected chi connectivity index (χ1v) is 8.52. The van der Waals surface area contributed by atoms with Crippen molar-refractivity contribution in [1.82, 2.24) is 9.97 Å². The van der Waals surface area contributed by atoms with Crippen molar-refractivity contribution >= 4 is 11.8 Å². The number of nitrogens with two attached hydrogens (primary N) is 1. The molecule has 0 radical (unpaired) electrons. The fourth-order valence-electron chi connectivity index (χ4n) is 2.77. The van der Waals surface area contributed by atoms with Crippen molar-refractivity contribution in [2.24, 2.45) is 0 Å². The molecule has 6 nitrogen and oxygen atoms in total. The number of aliphatic hydroxyl groups is 1. The molecule has 2 aromatic rings. The van der Waals surface area contributed by atoms with Crippen LogP contribution in [-0.2, 0) is 12.8 Å². The first-order chi connectivity index (χ1) is 12.1. The highest BCUT2D eigenvalue weighted by Crippen LogP contribution is 2.23. The van der Waals surface area contributed by atoms with E-state index in [0.717, 1.165) is 35.2 Å². The second-order valence-corrected chi connectivity index (χ2v) is 6.14. The fourth-order valence-corrected chi connectivity index (χ4v) is 2.77. The number of nitrogen functional groups attached to an aromatic ring is 1. The summed E-state index contributed by atoms with van der Waals surface area (Å²) in [6.07, 6.45) is 2.88. The summed E-state index contributed by atoms with van der Waals surface area (Å²) < 4.78 is 0. The molecule has 0 saturated carbocycles. The summed E-state index contributed by atoms with van der Waals surface area (Å²) in [6.45, 7) is 4.03. The van der Waals surface area contributed by atoms with Gasteiger partial charge in [0.15, 0.2) is 0 Å².